The van der Waals surface area contributed by atoms with E-state index in [2.05, 4.69) is 0 Å². The van der Waals surface area contributed by atoms with Crippen LogP contribution in [0.4, 0.5) is 4.39 Å². The minimum atomic E-state index is -0.560. The molecule has 0 aromatic heterocycles. The van der Waals surface area contributed by atoms with Crippen LogP contribution in [0.2, 0.25) is 0 Å². The molecule has 0 unspecified atom stereocenters. The smallest absolute Gasteiger partial charge is 0.128 e. The van der Waals surface area contributed by atoms with Crippen molar-refractivity contribution in [2.45, 2.75) is 27.7 Å². The molecule has 1 rings (SSSR count). The summed E-state index contributed by atoms with van der Waals surface area (Å²) < 4.78 is 18.5. The third-order valence-corrected chi connectivity index (χ3v) is 3.40. The first-order chi connectivity index (χ1) is 8.92. The Morgan fingerprint density at radius 2 is 1.95 bits per heavy atom. The van der Waals surface area contributed by atoms with E-state index in [1.54, 1.807) is 20.1 Å². The lowest BCUT2D eigenvalue weighted by molar-refractivity contribution is 0.296. The maximum absolute atomic E-state index is 13.2. The summed E-state index contributed by atoms with van der Waals surface area (Å²) in [6.45, 7) is 7.10. The van der Waals surface area contributed by atoms with Gasteiger partial charge >= 0.3 is 0 Å². The minimum Gasteiger partial charge on any atom is -0.496 e. The molecule has 0 spiro atoms. The van der Waals surface area contributed by atoms with Gasteiger partial charge in [0.15, 0.2) is 0 Å². The van der Waals surface area contributed by atoms with Crippen LogP contribution < -0.4 is 4.74 Å². The van der Waals surface area contributed by atoms with Gasteiger partial charge in [0, 0.05) is 0 Å². The van der Waals surface area contributed by atoms with Gasteiger partial charge in [0.1, 0.15) is 11.6 Å². The zero-order valence-corrected chi connectivity index (χ0v) is 12.2. The van der Waals surface area contributed by atoms with E-state index in [4.69, 9.17) is 9.84 Å². The molecule has 0 saturated heterocycles. The molecule has 0 radical (unpaired) electrons. The van der Waals surface area contributed by atoms with E-state index in [1.165, 1.54) is 0 Å². The summed E-state index contributed by atoms with van der Waals surface area (Å²) in [5, 5.41) is 8.74. The predicted octanol–water partition coefficient (Wildman–Crippen LogP) is 3.87. The number of aryl methyl sites for hydroxylation is 1. The number of ether oxygens (including phenoxy) is 1. The van der Waals surface area contributed by atoms with Gasteiger partial charge in [0.05, 0.1) is 13.7 Å². The minimum absolute atomic E-state index is 0.440. The quantitative estimate of drug-likeness (QED) is 0.836. The monoisotopic (exact) mass is 264 g/mol. The first-order valence-corrected chi connectivity index (χ1v) is 6.21. The molecule has 0 fully saturated rings. The maximum atomic E-state index is 13.2. The summed E-state index contributed by atoms with van der Waals surface area (Å²) >= 11 is 0. The Hall–Kier alpha value is -1.61. The van der Waals surface area contributed by atoms with Gasteiger partial charge in [-0.15, -0.1) is 0 Å². The van der Waals surface area contributed by atoms with Gasteiger partial charge < -0.3 is 9.84 Å². The largest absolute Gasteiger partial charge is 0.496 e. The van der Waals surface area contributed by atoms with Crippen molar-refractivity contribution in [3.63, 3.8) is 0 Å². The second-order valence-electron chi connectivity index (χ2n) is 4.64. The number of aliphatic hydroxyl groups excluding tert-OH is 1. The van der Waals surface area contributed by atoms with E-state index in [0.29, 0.717) is 5.57 Å². The Morgan fingerprint density at radius 3 is 2.47 bits per heavy atom. The van der Waals surface area contributed by atoms with Gasteiger partial charge in [-0.1, -0.05) is 12.2 Å². The molecule has 1 aromatic carbocycles. The third-order valence-electron chi connectivity index (χ3n) is 3.40. The lowest BCUT2D eigenvalue weighted by Crippen LogP contribution is -1.96. The fraction of sp³-hybridized carbons (Fsp3) is 0.375. The van der Waals surface area contributed by atoms with Gasteiger partial charge in [-0.25, -0.2) is 4.39 Å². The van der Waals surface area contributed by atoms with Crippen LogP contribution in [-0.4, -0.2) is 18.8 Å². The summed E-state index contributed by atoms with van der Waals surface area (Å²) in [5.41, 5.74) is 4.77. The molecule has 0 bridgehead atoms. The van der Waals surface area contributed by atoms with Gasteiger partial charge in [-0.05, 0) is 61.6 Å². The number of aliphatic hydroxyl groups is 1. The van der Waals surface area contributed by atoms with Gasteiger partial charge in [0.25, 0.3) is 0 Å². The lowest BCUT2D eigenvalue weighted by Gasteiger charge is -2.13. The van der Waals surface area contributed by atoms with Crippen LogP contribution in [0.5, 0.6) is 5.75 Å². The molecule has 0 aliphatic carbocycles. The molecular formula is C16H21FO2. The normalized spacial score (nSPS) is 12.8. The van der Waals surface area contributed by atoms with Crippen LogP contribution in [0.25, 0.3) is 6.08 Å². The topological polar surface area (TPSA) is 29.5 Å². The van der Waals surface area contributed by atoms with E-state index in [-0.39, 0.29) is 0 Å². The molecule has 0 aliphatic heterocycles. The summed E-state index contributed by atoms with van der Waals surface area (Å²) in [5.74, 6) is 0.359. The molecule has 0 atom stereocenters. The Kier molecular flexibility index (Phi) is 5.31. The first-order valence-electron chi connectivity index (χ1n) is 6.21. The highest BCUT2D eigenvalue weighted by Gasteiger charge is 2.08. The standard InChI is InChI=1S/C16H21FO2/c1-10(15(17)9-18)6-7-14-11(2)8-16(19-5)13(4)12(14)3/h6-8,18H,9H2,1-5H3/b7-6+,15-10-. The van der Waals surface area contributed by atoms with Crippen LogP contribution in [0, 0.1) is 20.8 Å². The van der Waals surface area contributed by atoms with Crippen LogP contribution in [-0.2, 0) is 0 Å². The Bertz CT molecular complexity index is 528. The molecule has 0 heterocycles. The first kappa shape index (κ1) is 15.4. The van der Waals surface area contributed by atoms with Crippen LogP contribution in [0.3, 0.4) is 0 Å². The number of hydrogen-bond donors (Lipinski definition) is 1. The number of benzene rings is 1. The number of hydrogen-bond acceptors (Lipinski definition) is 2. The van der Waals surface area contributed by atoms with Gasteiger partial charge in [-0.3, -0.25) is 0 Å². The molecule has 3 heteroatoms. The lowest BCUT2D eigenvalue weighted by atomic mass is 9.96. The van der Waals surface area contributed by atoms with Crippen LogP contribution in [0.15, 0.2) is 23.5 Å². The van der Waals surface area contributed by atoms with Gasteiger partial charge in [-0.2, -0.15) is 0 Å². The zero-order valence-electron chi connectivity index (χ0n) is 12.2. The summed E-state index contributed by atoms with van der Waals surface area (Å²) in [4.78, 5) is 0. The van der Waals surface area contributed by atoms with E-state index in [1.807, 2.05) is 32.9 Å². The highest BCUT2D eigenvalue weighted by Crippen LogP contribution is 2.28. The van der Waals surface area contributed by atoms with Crippen molar-refractivity contribution in [3.8, 4) is 5.75 Å². The molecule has 0 amide bonds. The molecule has 0 saturated carbocycles. The van der Waals surface area contributed by atoms with Crippen molar-refractivity contribution in [2.24, 2.45) is 0 Å². The van der Waals surface area contributed by atoms with Crippen molar-refractivity contribution >= 4 is 6.08 Å². The number of rotatable bonds is 4. The van der Waals surface area contributed by atoms with Crippen LogP contribution in [0.1, 0.15) is 29.2 Å². The molecule has 1 aromatic rings. The molecule has 1 N–H and O–H groups in total. The molecule has 2 nitrogen and oxygen atoms in total. The average Bonchev–Trinajstić information content (AvgIpc) is 2.41. The molecule has 19 heavy (non-hydrogen) atoms. The van der Waals surface area contributed by atoms with Crippen molar-refractivity contribution in [1.82, 2.24) is 0 Å². The molecule has 104 valence electrons. The molecular weight excluding hydrogens is 243 g/mol. The third kappa shape index (κ3) is 3.44. The average molecular weight is 264 g/mol. The summed E-state index contributed by atoms with van der Waals surface area (Å²) in [6.07, 6.45) is 3.56. The van der Waals surface area contributed by atoms with E-state index >= 15 is 0 Å². The number of allylic oxidation sites excluding steroid dienone is 2. The van der Waals surface area contributed by atoms with E-state index in [0.717, 1.165) is 28.0 Å². The second-order valence-corrected chi connectivity index (χ2v) is 4.64. The Labute approximate surface area is 114 Å². The van der Waals surface area contributed by atoms with E-state index in [9.17, 15) is 4.39 Å². The Morgan fingerprint density at radius 1 is 1.32 bits per heavy atom. The zero-order chi connectivity index (χ0) is 14.6. The molecule has 0 aliphatic rings. The predicted molar refractivity (Wildman–Crippen MR) is 77.1 cm³/mol. The highest BCUT2D eigenvalue weighted by atomic mass is 19.1. The Balaban J connectivity index is 3.23. The second kappa shape index (κ2) is 6.53. The van der Waals surface area contributed by atoms with Crippen molar-refractivity contribution in [3.05, 3.63) is 45.8 Å². The van der Waals surface area contributed by atoms with Crippen LogP contribution >= 0.6 is 0 Å². The number of halogens is 1. The summed E-state index contributed by atoms with van der Waals surface area (Å²) in [6, 6.07) is 1.98. The van der Waals surface area contributed by atoms with Crippen molar-refractivity contribution in [2.75, 3.05) is 13.7 Å². The van der Waals surface area contributed by atoms with Gasteiger partial charge in [0.2, 0.25) is 0 Å². The maximum Gasteiger partial charge on any atom is 0.128 e. The van der Waals surface area contributed by atoms with E-state index < -0.39 is 12.4 Å². The fourth-order valence-electron chi connectivity index (χ4n) is 1.96. The highest BCUT2D eigenvalue weighted by molar-refractivity contribution is 5.64. The fourth-order valence-corrected chi connectivity index (χ4v) is 1.96. The SMILES string of the molecule is COc1cc(C)c(/C=C/C(C)=C(\F)CO)c(C)c1C. The number of methoxy groups -OCH3 is 1. The van der Waals surface area contributed by atoms with Crippen molar-refractivity contribution in [1.29, 1.82) is 0 Å². The summed E-state index contributed by atoms with van der Waals surface area (Å²) in [7, 11) is 1.65. The van der Waals surface area contributed by atoms with Crippen molar-refractivity contribution < 1.29 is 14.2 Å².